The van der Waals surface area contributed by atoms with Crippen LogP contribution in [0.3, 0.4) is 0 Å². The van der Waals surface area contributed by atoms with Gasteiger partial charge in [0, 0.05) is 46.0 Å². The number of hydrogen-bond acceptors (Lipinski definition) is 7. The van der Waals surface area contributed by atoms with Crippen LogP contribution in [0.15, 0.2) is 195 Å². The van der Waals surface area contributed by atoms with Crippen LogP contribution in [0.2, 0.25) is 0 Å². The van der Waals surface area contributed by atoms with E-state index in [1.54, 1.807) is 55.6 Å². The molecule has 0 unspecified atom stereocenters. The van der Waals surface area contributed by atoms with Crippen LogP contribution in [0.1, 0.15) is 329 Å². The summed E-state index contributed by atoms with van der Waals surface area (Å²) in [6.07, 6.45) is 107. The van der Waals surface area contributed by atoms with Crippen molar-refractivity contribution in [2.24, 2.45) is 0 Å². The summed E-state index contributed by atoms with van der Waals surface area (Å²) < 4.78 is 27.9. The van der Waals surface area contributed by atoms with E-state index in [-0.39, 0.29) is 43.0 Å². The number of carboxylic acids is 1. The third-order valence-corrected chi connectivity index (χ3v) is 15.6. The first-order chi connectivity index (χ1) is 48.6. The third-order valence-electron chi connectivity index (χ3n) is 14.9. The summed E-state index contributed by atoms with van der Waals surface area (Å²) in [5, 5.41) is 9.47. The number of furan rings is 4. The van der Waals surface area contributed by atoms with Crippen LogP contribution < -0.4 is 37.7 Å². The Kier molecular flexibility index (Phi) is 114. The van der Waals surface area contributed by atoms with Gasteiger partial charge in [-0.15, -0.1) is 12.1 Å². The number of unbranched alkanes of at least 4 members (excludes halogenated alkanes) is 32. The van der Waals surface area contributed by atoms with E-state index >= 15 is 0 Å². The molecule has 0 radical (unpaired) electrons. The molecule has 0 fully saturated rings. The van der Waals surface area contributed by atoms with Crippen molar-refractivity contribution in [1.82, 2.24) is 0 Å². The maximum Gasteiger partial charge on any atom is 1.00 e. The van der Waals surface area contributed by atoms with Crippen LogP contribution in [0.25, 0.3) is 0 Å². The zero-order chi connectivity index (χ0) is 73.0. The summed E-state index contributed by atoms with van der Waals surface area (Å²) >= 11 is 8.75. The number of aryl methyl sites for hydroxylation is 1. The molecule has 0 spiro atoms. The van der Waals surface area contributed by atoms with Gasteiger partial charge in [-0.3, -0.25) is 9.59 Å². The van der Waals surface area contributed by atoms with Gasteiger partial charge in [0.25, 0.3) is 0 Å². The Balaban J connectivity index is -0.000000271. The number of halogens is 4. The molecule has 0 aliphatic heterocycles. The topological polar surface area (TPSA) is 124 Å². The van der Waals surface area contributed by atoms with Gasteiger partial charge in [0.15, 0.2) is 0 Å². The minimum Gasteiger partial charge on any atom is -0.599 e. The summed E-state index contributed by atoms with van der Waals surface area (Å²) in [6, 6.07) is 14.7. The number of carbonyl (C=O) groups is 2. The van der Waals surface area contributed by atoms with Crippen LogP contribution in [0.5, 0.6) is 0 Å². The van der Waals surface area contributed by atoms with E-state index in [4.69, 9.17) is 25.3 Å². The normalized spacial score (nSPS) is 10.9. The zero-order valence-electron chi connectivity index (χ0n) is 64.4. The number of aliphatic carboxylic acids is 1. The first kappa shape index (κ1) is 109. The number of carbonyl (C=O) groups excluding carboxylic acids is 1. The van der Waals surface area contributed by atoms with Crippen LogP contribution in [-0.4, -0.2) is 25.9 Å². The molecule has 0 saturated carbocycles. The van der Waals surface area contributed by atoms with Crippen LogP contribution in [0.4, 0.5) is 0 Å². The van der Waals surface area contributed by atoms with Crippen molar-refractivity contribution in [3.05, 3.63) is 195 Å². The molecule has 566 valence electrons. The Morgan fingerprint density at radius 3 is 0.941 bits per heavy atom. The van der Waals surface area contributed by atoms with Gasteiger partial charge in [-0.2, -0.15) is 12.1 Å². The van der Waals surface area contributed by atoms with Gasteiger partial charge in [0.05, 0.1) is 18.8 Å². The molecule has 0 aliphatic carbocycles. The number of carboxylic acid groups (broad SMARTS) is 1. The fourth-order valence-electron chi connectivity index (χ4n) is 9.25. The second-order valence-electron chi connectivity index (χ2n) is 24.1. The summed E-state index contributed by atoms with van der Waals surface area (Å²) in [4.78, 5) is 20.8. The molecular weight excluding hydrogens is 1390 g/mol. The van der Waals surface area contributed by atoms with Crippen molar-refractivity contribution < 1.29 is 74.3 Å². The van der Waals surface area contributed by atoms with E-state index in [0.29, 0.717) is 12.8 Å². The summed E-state index contributed by atoms with van der Waals surface area (Å²) in [6.45, 7) is 8.99. The third kappa shape index (κ3) is 121. The molecule has 101 heavy (non-hydrogen) atoms. The molecule has 15 heteroatoms. The fraction of sp³-hybridized carbons (Fsp3) is 0.605. The Labute approximate surface area is 668 Å². The summed E-state index contributed by atoms with van der Waals surface area (Å²) in [7, 11) is 7.36. The maximum absolute atomic E-state index is 10.5. The quantitative estimate of drug-likeness (QED) is 0.0116. The number of alkyl halides is 1. The van der Waals surface area contributed by atoms with Crippen LogP contribution >= 0.6 is 48.9 Å². The number of allylic oxidation sites excluding steroid dienone is 16. The second-order valence-corrected chi connectivity index (χ2v) is 27.9. The Morgan fingerprint density at radius 2 is 0.703 bits per heavy atom. The molecule has 0 atom stereocenters. The van der Waals surface area contributed by atoms with Crippen molar-refractivity contribution in [3.8, 4) is 0 Å². The predicted octanol–water partition coefficient (Wildman–Crippen LogP) is 25.0. The first-order valence-electron chi connectivity index (χ1n) is 38.3. The van der Waals surface area contributed by atoms with E-state index in [9.17, 15) is 9.59 Å². The zero-order valence-corrected chi connectivity index (χ0v) is 69.1. The molecule has 0 amide bonds. The smallest absolute Gasteiger partial charge is 0.599 e. The van der Waals surface area contributed by atoms with E-state index in [1.807, 2.05) is 18.2 Å². The van der Waals surface area contributed by atoms with Crippen molar-refractivity contribution in [3.63, 3.8) is 0 Å². The molecule has 0 saturated heterocycles. The number of hydrogen-bond donors (Lipinski definition) is 1. The largest absolute Gasteiger partial charge is 1.00 e. The van der Waals surface area contributed by atoms with Gasteiger partial charge >= 0.3 is 43.7 Å². The summed E-state index contributed by atoms with van der Waals surface area (Å²) in [5.74, 6) is 0.460. The molecule has 4 heterocycles. The number of rotatable bonds is 55. The average molecular weight is 1530 g/mol. The van der Waals surface area contributed by atoms with Gasteiger partial charge in [0.2, 0.25) is 14.5 Å². The minimum atomic E-state index is -1.67. The summed E-state index contributed by atoms with van der Waals surface area (Å²) in [5.41, 5.74) is 0. The van der Waals surface area contributed by atoms with E-state index in [1.165, 1.54) is 225 Å². The van der Waals surface area contributed by atoms with Gasteiger partial charge in [-0.1, -0.05) is 282 Å². The van der Waals surface area contributed by atoms with E-state index in [0.717, 1.165) is 75.3 Å². The van der Waals surface area contributed by atoms with Gasteiger partial charge in [-0.05, 0) is 202 Å². The molecule has 8 nitrogen and oxygen atoms in total. The van der Waals surface area contributed by atoms with Gasteiger partial charge in [-0.25, -0.2) is 4.21 Å². The molecule has 0 aliphatic rings. The minimum absolute atomic E-state index is 0. The Hall–Kier alpha value is -3.13. The van der Waals surface area contributed by atoms with Gasteiger partial charge < -0.3 is 22.8 Å². The van der Waals surface area contributed by atoms with Crippen molar-refractivity contribution >= 4 is 69.3 Å². The second kappa shape index (κ2) is 105. The molecular formula is C86H138BrCl3Li2O8S. The molecule has 1 N–H and O–H groups in total. The molecule has 4 rings (SSSR count). The SMILES string of the molecule is CCCCC/C=C\C/C=C\CCCCCCCBr.CCCCC/C=C\C/C=C\CCCCCCCC(=O)Cl.CCCCC/C=C\C/C=C\CCCCCCCC(=O)O.CCCCC/C=C\C/C=C\CCCCCCCc1ccco1.O=S(Cl)Cl.[Li+].[Li+].[c-]1ccco1.[c-]1ccco1.c1ccoc1. The standard InChI is InChI=1S/C21H34O.C18H31ClO.C18H32O2.C17H31Br.C4H4O.2C4H3O.Cl2OS.2Li/c1-2-3-4-5-6-7-8-9-10-11-12-13-14-15-16-18-21-19-17-20-22-21;2*1-2-3-4-5-6-7-8-9-10-11-12-13-14-15-16-17-18(19)20;1-2-3-4-5-6-7-8-9-10-11-12-13-14-15-16-17-18;3*1-2-4-5-3-1;1-4(2)3;;/h6-7,9-10,17,19-20H,2-5,8,11-16,18H2,1H3;6-7,9-10H,2-5,8,11-17H2,1H3;6-7,9-10H,2-5,8,11-17H2,1H3,(H,19,20);6-7,9-10H,2-5,8,11-17H2,1H3;1-4H;2*1-3H;;;/q;;;;;2*-1;;2*+1/b4*7-6-,10-9-;;;;;;. The first-order valence-corrected chi connectivity index (χ1v) is 42.6. The van der Waals surface area contributed by atoms with Crippen molar-refractivity contribution in [2.45, 2.75) is 329 Å². The fourth-order valence-corrected chi connectivity index (χ4v) is 9.78. The van der Waals surface area contributed by atoms with Crippen LogP contribution in [0, 0.1) is 12.5 Å². The van der Waals surface area contributed by atoms with E-state index < -0.39 is 15.2 Å². The molecule has 4 aromatic heterocycles. The Morgan fingerprint density at radius 1 is 0.406 bits per heavy atom. The van der Waals surface area contributed by atoms with Crippen molar-refractivity contribution in [2.75, 3.05) is 5.33 Å². The molecule has 0 aromatic carbocycles. The molecule has 0 bridgehead atoms. The Bertz CT molecular complexity index is 2140. The maximum atomic E-state index is 10.5. The average Bonchev–Trinajstić information content (AvgIpc) is 2.22. The van der Waals surface area contributed by atoms with Gasteiger partial charge in [0.1, 0.15) is 5.76 Å². The van der Waals surface area contributed by atoms with Crippen LogP contribution in [-0.2, 0) is 25.2 Å². The molecule has 4 aromatic rings. The van der Waals surface area contributed by atoms with E-state index in [2.05, 4.69) is 194 Å². The monoisotopic (exact) mass is 1530 g/mol. The van der Waals surface area contributed by atoms with Crippen molar-refractivity contribution in [1.29, 1.82) is 0 Å². The predicted molar refractivity (Wildman–Crippen MR) is 437 cm³/mol.